The van der Waals surface area contributed by atoms with E-state index in [1.807, 2.05) is 0 Å². The minimum Gasteiger partial charge on any atom is -0.380 e. The average Bonchev–Trinajstić information content (AvgIpc) is 2.16. The fraction of sp³-hybridized carbons (Fsp3) is 0.556. The first-order chi connectivity index (χ1) is 7.70. The highest BCUT2D eigenvalue weighted by atomic mass is 35.5. The molecule has 1 heterocycles. The van der Waals surface area contributed by atoms with E-state index in [0.717, 1.165) is 4.68 Å². The fourth-order valence-electron chi connectivity index (χ4n) is 1.28. The van der Waals surface area contributed by atoms with Crippen molar-refractivity contribution in [1.29, 1.82) is 0 Å². The maximum atomic E-state index is 12.1. The minimum absolute atomic E-state index is 0.103. The molecule has 0 bridgehead atoms. The van der Waals surface area contributed by atoms with Crippen molar-refractivity contribution in [2.75, 3.05) is 5.32 Å². The summed E-state index contributed by atoms with van der Waals surface area (Å²) >= 11 is 5.70. The standard InChI is InChI=1S/C9H11ClF3N3O/c1-5(3-9(11,12)13)15-6-4-14-16(2)8(17)7(6)10/h4-5,15H,3H2,1-2H3. The van der Waals surface area contributed by atoms with Gasteiger partial charge in [0, 0.05) is 13.1 Å². The van der Waals surface area contributed by atoms with Crippen LogP contribution in [0.3, 0.4) is 0 Å². The van der Waals surface area contributed by atoms with Crippen LogP contribution in [0, 0.1) is 0 Å². The van der Waals surface area contributed by atoms with Crippen LogP contribution in [0.1, 0.15) is 13.3 Å². The summed E-state index contributed by atoms with van der Waals surface area (Å²) in [5.74, 6) is 0. The highest BCUT2D eigenvalue weighted by Gasteiger charge is 2.30. The Bertz CT molecular complexity index is 458. The van der Waals surface area contributed by atoms with Crippen LogP contribution in [0.4, 0.5) is 18.9 Å². The number of halogens is 4. The molecule has 0 aromatic carbocycles. The number of hydrogen-bond acceptors (Lipinski definition) is 3. The molecule has 1 unspecified atom stereocenters. The summed E-state index contributed by atoms with van der Waals surface area (Å²) in [4.78, 5) is 11.4. The Kier molecular flexibility index (Phi) is 4.03. The van der Waals surface area contributed by atoms with Gasteiger partial charge in [-0.25, -0.2) is 4.68 Å². The molecule has 1 rings (SSSR count). The molecular formula is C9H11ClF3N3O. The van der Waals surface area contributed by atoms with E-state index in [9.17, 15) is 18.0 Å². The van der Waals surface area contributed by atoms with Crippen LogP contribution in [0.15, 0.2) is 11.0 Å². The lowest BCUT2D eigenvalue weighted by molar-refractivity contribution is -0.136. The number of nitrogens with zero attached hydrogens (tertiary/aromatic N) is 2. The van der Waals surface area contributed by atoms with Crippen LogP contribution < -0.4 is 10.9 Å². The molecule has 96 valence electrons. The van der Waals surface area contributed by atoms with Gasteiger partial charge in [0.1, 0.15) is 5.02 Å². The Hall–Kier alpha value is -1.24. The monoisotopic (exact) mass is 269 g/mol. The Morgan fingerprint density at radius 2 is 2.18 bits per heavy atom. The Labute approximate surface area is 100 Å². The third-order valence-corrected chi connectivity index (χ3v) is 2.38. The third kappa shape index (κ3) is 3.92. The molecule has 0 fully saturated rings. The molecule has 1 N–H and O–H groups in total. The smallest absolute Gasteiger partial charge is 0.380 e. The van der Waals surface area contributed by atoms with Gasteiger partial charge in [-0.15, -0.1) is 0 Å². The summed E-state index contributed by atoms with van der Waals surface area (Å²) in [6.45, 7) is 1.35. The maximum absolute atomic E-state index is 12.1. The van der Waals surface area contributed by atoms with Crippen molar-refractivity contribution >= 4 is 17.3 Å². The molecule has 0 aliphatic carbocycles. The molecule has 0 spiro atoms. The van der Waals surface area contributed by atoms with E-state index in [-0.39, 0.29) is 10.7 Å². The van der Waals surface area contributed by atoms with Crippen LogP contribution in [-0.2, 0) is 7.05 Å². The van der Waals surface area contributed by atoms with Gasteiger partial charge in [0.25, 0.3) is 5.56 Å². The summed E-state index contributed by atoms with van der Waals surface area (Å²) in [7, 11) is 1.40. The summed E-state index contributed by atoms with van der Waals surface area (Å²) in [5.41, 5.74) is -0.456. The molecule has 0 saturated heterocycles. The van der Waals surface area contributed by atoms with Crippen LogP contribution in [0.25, 0.3) is 0 Å². The van der Waals surface area contributed by atoms with Gasteiger partial charge in [-0.3, -0.25) is 4.79 Å². The van der Waals surface area contributed by atoms with Gasteiger partial charge in [-0.05, 0) is 6.92 Å². The lowest BCUT2D eigenvalue weighted by atomic mass is 10.2. The normalized spacial score (nSPS) is 13.5. The quantitative estimate of drug-likeness (QED) is 0.915. The average molecular weight is 270 g/mol. The van der Waals surface area contributed by atoms with Gasteiger partial charge in [-0.1, -0.05) is 11.6 Å². The molecule has 1 aromatic rings. The van der Waals surface area contributed by atoms with Crippen molar-refractivity contribution < 1.29 is 13.2 Å². The van der Waals surface area contributed by atoms with Crippen molar-refractivity contribution in [2.24, 2.45) is 7.05 Å². The van der Waals surface area contributed by atoms with Crippen molar-refractivity contribution in [2.45, 2.75) is 25.6 Å². The Balaban J connectivity index is 2.83. The Morgan fingerprint density at radius 3 is 2.71 bits per heavy atom. The first-order valence-electron chi connectivity index (χ1n) is 4.76. The molecule has 0 saturated carbocycles. The van der Waals surface area contributed by atoms with Gasteiger partial charge in [0.05, 0.1) is 18.3 Å². The topological polar surface area (TPSA) is 46.9 Å². The van der Waals surface area contributed by atoms with Gasteiger partial charge >= 0.3 is 6.18 Å². The number of nitrogens with one attached hydrogen (secondary N) is 1. The van der Waals surface area contributed by atoms with Crippen molar-refractivity contribution in [3.63, 3.8) is 0 Å². The van der Waals surface area contributed by atoms with E-state index >= 15 is 0 Å². The highest BCUT2D eigenvalue weighted by molar-refractivity contribution is 6.32. The number of alkyl halides is 3. The number of aromatic nitrogens is 2. The van der Waals surface area contributed by atoms with Crippen molar-refractivity contribution in [1.82, 2.24) is 9.78 Å². The summed E-state index contributed by atoms with van der Waals surface area (Å²) < 4.78 is 37.3. The largest absolute Gasteiger partial charge is 0.391 e. The molecule has 17 heavy (non-hydrogen) atoms. The number of aryl methyl sites for hydroxylation is 1. The van der Waals surface area contributed by atoms with E-state index in [0.29, 0.717) is 0 Å². The number of hydrogen-bond donors (Lipinski definition) is 1. The van der Waals surface area contributed by atoms with Crippen molar-refractivity contribution in [3.8, 4) is 0 Å². The molecule has 1 atom stereocenters. The zero-order valence-corrected chi connectivity index (χ0v) is 9.93. The molecule has 0 aliphatic heterocycles. The first-order valence-corrected chi connectivity index (χ1v) is 5.13. The highest BCUT2D eigenvalue weighted by Crippen LogP contribution is 2.24. The molecule has 0 amide bonds. The predicted octanol–water partition coefficient (Wildman–Crippen LogP) is 2.19. The van der Waals surface area contributed by atoms with Gasteiger partial charge in [-0.2, -0.15) is 18.3 Å². The second-order valence-electron chi connectivity index (χ2n) is 3.67. The minimum atomic E-state index is -4.27. The summed E-state index contributed by atoms with van der Waals surface area (Å²) in [5, 5.41) is 6.00. The first kappa shape index (κ1) is 13.8. The van der Waals surface area contributed by atoms with Gasteiger partial charge < -0.3 is 5.32 Å². The second kappa shape index (κ2) is 4.95. The lowest BCUT2D eigenvalue weighted by Crippen LogP contribution is -2.27. The number of rotatable bonds is 3. The molecule has 0 aliphatic rings. The third-order valence-electron chi connectivity index (χ3n) is 2.02. The van der Waals surface area contributed by atoms with Crippen LogP contribution in [0.2, 0.25) is 5.02 Å². The predicted molar refractivity (Wildman–Crippen MR) is 58.2 cm³/mol. The van der Waals surface area contributed by atoms with E-state index in [1.54, 1.807) is 0 Å². The summed E-state index contributed by atoms with van der Waals surface area (Å²) in [6.07, 6.45) is -4.07. The van der Waals surface area contributed by atoms with Crippen LogP contribution in [0.5, 0.6) is 0 Å². The van der Waals surface area contributed by atoms with E-state index in [2.05, 4.69) is 10.4 Å². The Morgan fingerprint density at radius 1 is 1.59 bits per heavy atom. The molecule has 1 aromatic heterocycles. The fourth-order valence-corrected chi connectivity index (χ4v) is 1.50. The maximum Gasteiger partial charge on any atom is 0.391 e. The van der Waals surface area contributed by atoms with Crippen LogP contribution in [-0.4, -0.2) is 22.0 Å². The zero-order valence-electron chi connectivity index (χ0n) is 9.18. The van der Waals surface area contributed by atoms with E-state index in [4.69, 9.17) is 11.6 Å². The van der Waals surface area contributed by atoms with Crippen molar-refractivity contribution in [3.05, 3.63) is 21.6 Å². The van der Waals surface area contributed by atoms with Crippen LogP contribution >= 0.6 is 11.6 Å². The summed E-state index contributed by atoms with van der Waals surface area (Å²) in [6, 6.07) is -0.888. The van der Waals surface area contributed by atoms with E-state index in [1.165, 1.54) is 20.2 Å². The molecule has 4 nitrogen and oxygen atoms in total. The molecular weight excluding hydrogens is 259 g/mol. The zero-order chi connectivity index (χ0) is 13.2. The molecule has 8 heteroatoms. The van der Waals surface area contributed by atoms with Gasteiger partial charge in [0.2, 0.25) is 0 Å². The lowest BCUT2D eigenvalue weighted by Gasteiger charge is -2.17. The van der Waals surface area contributed by atoms with Gasteiger partial charge in [0.15, 0.2) is 0 Å². The van der Waals surface area contributed by atoms with E-state index < -0.39 is 24.2 Å². The number of anilines is 1. The molecule has 0 radical (unpaired) electrons. The second-order valence-corrected chi connectivity index (χ2v) is 4.04. The SMILES string of the molecule is CC(CC(F)(F)F)Nc1cnn(C)c(=O)c1Cl.